The Hall–Kier alpha value is -2.86. The van der Waals surface area contributed by atoms with E-state index in [1.807, 2.05) is 37.3 Å². The normalized spacial score (nSPS) is 16.7. The zero-order valence-electron chi connectivity index (χ0n) is 16.8. The molecule has 1 amide bonds. The number of amides is 1. The van der Waals surface area contributed by atoms with Crippen LogP contribution in [0.25, 0.3) is 6.08 Å². The first-order valence-corrected chi connectivity index (χ1v) is 10.4. The molecule has 1 heterocycles. The van der Waals surface area contributed by atoms with Crippen LogP contribution in [0.15, 0.2) is 58.4 Å². The Morgan fingerprint density at radius 3 is 2.45 bits per heavy atom. The number of nitrogens with zero attached hydrogens (tertiary/aromatic N) is 2. The summed E-state index contributed by atoms with van der Waals surface area (Å²) >= 11 is 1.38. The highest BCUT2D eigenvalue weighted by atomic mass is 32.2. The number of rotatable bonds is 6. The number of ether oxygens (including phenoxy) is 1. The van der Waals surface area contributed by atoms with E-state index < -0.39 is 0 Å². The topological polar surface area (TPSA) is 59.0 Å². The van der Waals surface area contributed by atoms with E-state index in [1.54, 1.807) is 29.2 Å². The lowest BCUT2D eigenvalue weighted by Gasteiger charge is -2.14. The van der Waals surface area contributed by atoms with Crippen LogP contribution in [0.4, 0.5) is 5.69 Å². The average molecular weight is 409 g/mol. The summed E-state index contributed by atoms with van der Waals surface area (Å²) in [5.74, 6) is -0.417. The van der Waals surface area contributed by atoms with Gasteiger partial charge in [-0.25, -0.2) is 9.79 Å². The Labute approximate surface area is 175 Å². The van der Waals surface area contributed by atoms with E-state index in [2.05, 4.69) is 6.92 Å². The third-order valence-corrected chi connectivity index (χ3v) is 5.52. The Morgan fingerprint density at radius 1 is 1.14 bits per heavy atom. The molecule has 0 saturated carbocycles. The SMILES string of the molecule is CCCCN1C(=O)/C(=C\c2ccc(C(=O)OC)cc2)SC1=Nc1ccc(C)cc1. The van der Waals surface area contributed by atoms with Crippen molar-refractivity contribution in [3.05, 3.63) is 70.1 Å². The molecule has 0 unspecified atom stereocenters. The van der Waals surface area contributed by atoms with Crippen molar-refractivity contribution in [1.82, 2.24) is 4.90 Å². The molecule has 0 N–H and O–H groups in total. The zero-order chi connectivity index (χ0) is 20.8. The van der Waals surface area contributed by atoms with Gasteiger partial charge in [-0.3, -0.25) is 9.69 Å². The molecule has 1 fully saturated rings. The molecule has 0 atom stereocenters. The Bertz CT molecular complexity index is 947. The van der Waals surface area contributed by atoms with Gasteiger partial charge >= 0.3 is 5.97 Å². The average Bonchev–Trinajstić information content (AvgIpc) is 3.02. The number of carbonyl (C=O) groups is 2. The van der Waals surface area contributed by atoms with Gasteiger partial charge in [0.15, 0.2) is 5.17 Å². The maximum atomic E-state index is 13.0. The van der Waals surface area contributed by atoms with Crippen LogP contribution in [0.2, 0.25) is 0 Å². The number of hydrogen-bond donors (Lipinski definition) is 0. The largest absolute Gasteiger partial charge is 0.465 e. The van der Waals surface area contributed by atoms with Crippen molar-refractivity contribution in [2.24, 2.45) is 4.99 Å². The monoisotopic (exact) mass is 408 g/mol. The van der Waals surface area contributed by atoms with Crippen molar-refractivity contribution < 1.29 is 14.3 Å². The minimum absolute atomic E-state index is 0.0358. The first kappa shape index (κ1) is 20.9. The molecule has 150 valence electrons. The van der Waals surface area contributed by atoms with Gasteiger partial charge in [0.2, 0.25) is 0 Å². The molecule has 5 nitrogen and oxygen atoms in total. The standard InChI is InChI=1S/C23H24N2O3S/c1-4-5-14-25-21(26)20(15-17-8-10-18(11-9-17)22(27)28-3)29-23(25)24-19-12-6-16(2)7-13-19/h6-13,15H,4-5,14H2,1-3H3/b20-15+,24-23?. The summed E-state index contributed by atoms with van der Waals surface area (Å²) in [5.41, 5.74) is 3.32. The molecule has 0 bridgehead atoms. The van der Waals surface area contributed by atoms with E-state index in [-0.39, 0.29) is 11.9 Å². The minimum Gasteiger partial charge on any atom is -0.465 e. The molecule has 2 aromatic carbocycles. The molecular formula is C23H24N2O3S. The smallest absolute Gasteiger partial charge is 0.337 e. The second-order valence-electron chi connectivity index (χ2n) is 6.76. The van der Waals surface area contributed by atoms with Crippen molar-refractivity contribution in [3.63, 3.8) is 0 Å². The molecule has 0 spiro atoms. The Kier molecular flexibility index (Phi) is 6.88. The fourth-order valence-corrected chi connectivity index (χ4v) is 3.84. The van der Waals surface area contributed by atoms with Crippen LogP contribution in [0.3, 0.4) is 0 Å². The van der Waals surface area contributed by atoms with Gasteiger partial charge in [-0.2, -0.15) is 0 Å². The van der Waals surface area contributed by atoms with E-state index in [0.29, 0.717) is 22.2 Å². The van der Waals surface area contributed by atoms with Gasteiger partial charge in [0, 0.05) is 6.54 Å². The minimum atomic E-state index is -0.381. The predicted molar refractivity (Wildman–Crippen MR) is 118 cm³/mol. The number of methoxy groups -OCH3 is 1. The molecule has 0 aliphatic carbocycles. The number of unbranched alkanes of at least 4 members (excludes halogenated alkanes) is 1. The Morgan fingerprint density at radius 2 is 1.83 bits per heavy atom. The van der Waals surface area contributed by atoms with Crippen LogP contribution in [0, 0.1) is 6.92 Å². The summed E-state index contributed by atoms with van der Waals surface area (Å²) in [6.45, 7) is 4.78. The van der Waals surface area contributed by atoms with E-state index in [9.17, 15) is 9.59 Å². The maximum Gasteiger partial charge on any atom is 0.337 e. The van der Waals surface area contributed by atoms with Crippen molar-refractivity contribution in [2.45, 2.75) is 26.7 Å². The van der Waals surface area contributed by atoms with E-state index in [0.717, 1.165) is 24.1 Å². The number of amidine groups is 1. The van der Waals surface area contributed by atoms with Gasteiger partial charge in [0.05, 0.1) is 23.3 Å². The Balaban J connectivity index is 1.87. The lowest BCUT2D eigenvalue weighted by atomic mass is 10.1. The number of carbonyl (C=O) groups excluding carboxylic acids is 2. The van der Waals surface area contributed by atoms with Gasteiger partial charge in [-0.05, 0) is 61.0 Å². The van der Waals surface area contributed by atoms with E-state index in [1.165, 1.54) is 24.4 Å². The van der Waals surface area contributed by atoms with Crippen LogP contribution < -0.4 is 0 Å². The number of aliphatic imine (C=N–C) groups is 1. The van der Waals surface area contributed by atoms with Crippen molar-refractivity contribution >= 4 is 40.6 Å². The summed E-state index contributed by atoms with van der Waals surface area (Å²) in [5, 5.41) is 0.699. The first-order chi connectivity index (χ1) is 14.0. The number of aryl methyl sites for hydroxylation is 1. The third-order valence-electron chi connectivity index (χ3n) is 4.51. The lowest BCUT2D eigenvalue weighted by Crippen LogP contribution is -2.30. The van der Waals surface area contributed by atoms with Crippen molar-refractivity contribution in [1.29, 1.82) is 0 Å². The summed E-state index contributed by atoms with van der Waals surface area (Å²) < 4.78 is 4.72. The molecule has 1 saturated heterocycles. The lowest BCUT2D eigenvalue weighted by molar-refractivity contribution is -0.122. The summed E-state index contributed by atoms with van der Waals surface area (Å²) in [6, 6.07) is 14.9. The van der Waals surface area contributed by atoms with Gasteiger partial charge < -0.3 is 4.74 Å². The highest BCUT2D eigenvalue weighted by molar-refractivity contribution is 8.18. The molecule has 29 heavy (non-hydrogen) atoms. The van der Waals surface area contributed by atoms with Gasteiger partial charge in [-0.15, -0.1) is 0 Å². The van der Waals surface area contributed by atoms with Crippen molar-refractivity contribution in [2.75, 3.05) is 13.7 Å². The number of thioether (sulfide) groups is 1. The number of hydrogen-bond acceptors (Lipinski definition) is 5. The first-order valence-electron chi connectivity index (χ1n) is 9.57. The molecule has 1 aliphatic heterocycles. The second kappa shape index (κ2) is 9.56. The molecule has 2 aromatic rings. The van der Waals surface area contributed by atoms with Crippen LogP contribution in [-0.2, 0) is 9.53 Å². The number of esters is 1. The molecule has 1 aliphatic rings. The number of benzene rings is 2. The van der Waals surface area contributed by atoms with Crippen LogP contribution >= 0.6 is 11.8 Å². The van der Waals surface area contributed by atoms with Gasteiger partial charge in [0.25, 0.3) is 5.91 Å². The molecule has 3 rings (SSSR count). The fourth-order valence-electron chi connectivity index (χ4n) is 2.82. The molecule has 0 radical (unpaired) electrons. The van der Waals surface area contributed by atoms with Crippen LogP contribution in [-0.4, -0.2) is 35.6 Å². The van der Waals surface area contributed by atoms with Gasteiger partial charge in [-0.1, -0.05) is 43.2 Å². The fraction of sp³-hybridized carbons (Fsp3) is 0.261. The second-order valence-corrected chi connectivity index (χ2v) is 7.77. The maximum absolute atomic E-state index is 13.0. The van der Waals surface area contributed by atoms with Crippen molar-refractivity contribution in [3.8, 4) is 0 Å². The highest BCUT2D eigenvalue weighted by Gasteiger charge is 2.32. The van der Waals surface area contributed by atoms with Gasteiger partial charge in [0.1, 0.15) is 0 Å². The summed E-state index contributed by atoms with van der Waals surface area (Å²) in [4.78, 5) is 31.6. The predicted octanol–water partition coefficient (Wildman–Crippen LogP) is 5.19. The molecular weight excluding hydrogens is 384 g/mol. The van der Waals surface area contributed by atoms with E-state index in [4.69, 9.17) is 9.73 Å². The van der Waals surface area contributed by atoms with E-state index >= 15 is 0 Å². The summed E-state index contributed by atoms with van der Waals surface area (Å²) in [7, 11) is 1.35. The quantitative estimate of drug-likeness (QED) is 0.488. The van der Waals surface area contributed by atoms with Crippen LogP contribution in [0.1, 0.15) is 41.3 Å². The third kappa shape index (κ3) is 5.15. The highest BCUT2D eigenvalue weighted by Crippen LogP contribution is 2.34. The van der Waals surface area contributed by atoms with Crippen LogP contribution in [0.5, 0.6) is 0 Å². The molecule has 6 heteroatoms. The zero-order valence-corrected chi connectivity index (χ0v) is 17.7. The molecule has 0 aromatic heterocycles. The summed E-state index contributed by atoms with van der Waals surface area (Å²) in [6.07, 6.45) is 3.76.